The van der Waals surface area contributed by atoms with Crippen LogP contribution in [0.4, 0.5) is 0 Å². The average Bonchev–Trinajstić information content (AvgIpc) is 2.57. The number of pyridine rings is 1. The summed E-state index contributed by atoms with van der Waals surface area (Å²) in [5.74, 6) is 0.0171. The lowest BCUT2D eigenvalue weighted by Gasteiger charge is -2.45. The van der Waals surface area contributed by atoms with Crippen LogP contribution >= 0.6 is 0 Å². The van der Waals surface area contributed by atoms with E-state index in [1.807, 2.05) is 24.1 Å². The van der Waals surface area contributed by atoms with Crippen LogP contribution in [-0.4, -0.2) is 70.3 Å². The fourth-order valence-electron chi connectivity index (χ4n) is 3.49. The summed E-state index contributed by atoms with van der Waals surface area (Å²) >= 11 is 0. The molecule has 1 aromatic rings. The number of hydrogen-bond acceptors (Lipinski definition) is 5. The summed E-state index contributed by atoms with van der Waals surface area (Å²) in [5, 5.41) is 20.2. The Labute approximate surface area is 144 Å². The smallest absolute Gasteiger partial charge is 0.236 e. The second kappa shape index (κ2) is 8.55. The van der Waals surface area contributed by atoms with Crippen molar-refractivity contribution in [3.63, 3.8) is 0 Å². The van der Waals surface area contributed by atoms with E-state index < -0.39 is 11.5 Å². The summed E-state index contributed by atoms with van der Waals surface area (Å²) in [5.41, 5.74) is 0.612. The summed E-state index contributed by atoms with van der Waals surface area (Å²) in [6.45, 7) is 3.89. The van der Waals surface area contributed by atoms with Crippen LogP contribution < -0.4 is 0 Å². The number of aliphatic hydroxyl groups is 2. The fourth-order valence-corrected chi connectivity index (χ4v) is 3.49. The number of hydrogen-bond donors (Lipinski definition) is 2. The molecule has 1 aromatic heterocycles. The molecule has 2 rings (SSSR count). The van der Waals surface area contributed by atoms with Gasteiger partial charge in [-0.25, -0.2) is 0 Å². The van der Waals surface area contributed by atoms with Gasteiger partial charge in [-0.1, -0.05) is 19.4 Å². The molecule has 1 fully saturated rings. The van der Waals surface area contributed by atoms with Crippen molar-refractivity contribution in [1.82, 2.24) is 14.8 Å². The molecule has 2 heterocycles. The molecule has 0 saturated carbocycles. The number of likely N-dealkylation sites (N-methyl/N-ethyl adjacent to an activating group) is 1. The average molecular weight is 335 g/mol. The van der Waals surface area contributed by atoms with Gasteiger partial charge in [0.15, 0.2) is 0 Å². The van der Waals surface area contributed by atoms with E-state index in [9.17, 15) is 15.0 Å². The highest BCUT2D eigenvalue weighted by Gasteiger charge is 2.42. The van der Waals surface area contributed by atoms with Gasteiger partial charge in [-0.15, -0.1) is 0 Å². The third-order valence-corrected chi connectivity index (χ3v) is 4.98. The van der Waals surface area contributed by atoms with Gasteiger partial charge in [0.05, 0.1) is 19.3 Å². The number of likely N-dealkylation sites (tertiary alicyclic amines) is 1. The minimum atomic E-state index is -0.663. The first-order valence-corrected chi connectivity index (χ1v) is 8.65. The Morgan fingerprint density at radius 3 is 2.92 bits per heavy atom. The van der Waals surface area contributed by atoms with E-state index in [1.165, 1.54) is 0 Å². The zero-order valence-electron chi connectivity index (χ0n) is 14.7. The van der Waals surface area contributed by atoms with Crippen molar-refractivity contribution >= 4 is 5.91 Å². The minimum absolute atomic E-state index is 0.0171. The number of carbonyl (C=O) groups excluding carboxylic acids is 1. The van der Waals surface area contributed by atoms with Crippen molar-refractivity contribution in [3.05, 3.63) is 30.1 Å². The van der Waals surface area contributed by atoms with Gasteiger partial charge in [-0.3, -0.25) is 14.7 Å². The van der Waals surface area contributed by atoms with Gasteiger partial charge in [0.25, 0.3) is 0 Å². The van der Waals surface area contributed by atoms with E-state index >= 15 is 0 Å². The van der Waals surface area contributed by atoms with Gasteiger partial charge in [0.2, 0.25) is 5.91 Å². The number of amides is 1. The first-order chi connectivity index (χ1) is 11.5. The first kappa shape index (κ1) is 18.8. The van der Waals surface area contributed by atoms with Crippen LogP contribution in [0.5, 0.6) is 0 Å². The Morgan fingerprint density at radius 1 is 1.54 bits per heavy atom. The molecule has 0 unspecified atom stereocenters. The predicted octanol–water partition coefficient (Wildman–Crippen LogP) is 0.885. The largest absolute Gasteiger partial charge is 0.396 e. The highest BCUT2D eigenvalue weighted by atomic mass is 16.3. The van der Waals surface area contributed by atoms with Gasteiger partial charge in [0.1, 0.15) is 0 Å². The third-order valence-electron chi connectivity index (χ3n) is 4.98. The van der Waals surface area contributed by atoms with Crippen LogP contribution in [0.25, 0.3) is 0 Å². The number of aliphatic hydroxyl groups excluding tert-OH is 2. The molecule has 0 bridgehead atoms. The van der Waals surface area contributed by atoms with Crippen LogP contribution in [0.2, 0.25) is 0 Å². The van der Waals surface area contributed by atoms with Crippen molar-refractivity contribution in [2.24, 2.45) is 5.41 Å². The van der Waals surface area contributed by atoms with Gasteiger partial charge in [-0.05, 0) is 31.5 Å². The number of rotatable bonds is 7. The second-order valence-corrected chi connectivity index (χ2v) is 6.91. The maximum atomic E-state index is 12.5. The summed E-state index contributed by atoms with van der Waals surface area (Å²) < 4.78 is 0. The molecular weight excluding hydrogens is 306 g/mol. The first-order valence-electron chi connectivity index (χ1n) is 8.65. The topological polar surface area (TPSA) is 76.9 Å². The van der Waals surface area contributed by atoms with E-state index in [0.29, 0.717) is 32.6 Å². The van der Waals surface area contributed by atoms with Gasteiger partial charge >= 0.3 is 0 Å². The SMILES string of the molecule is CCC[C@]1(CO)CCN(C(=O)CN(C)Cc2cccnc2)C[C@H]1O. The third kappa shape index (κ3) is 4.53. The summed E-state index contributed by atoms with van der Waals surface area (Å²) in [4.78, 5) is 20.2. The molecule has 24 heavy (non-hydrogen) atoms. The second-order valence-electron chi connectivity index (χ2n) is 6.91. The molecule has 2 N–H and O–H groups in total. The Morgan fingerprint density at radius 2 is 2.33 bits per heavy atom. The molecule has 6 nitrogen and oxygen atoms in total. The van der Waals surface area contributed by atoms with Crippen LogP contribution in [-0.2, 0) is 11.3 Å². The van der Waals surface area contributed by atoms with Gasteiger partial charge in [-0.2, -0.15) is 0 Å². The molecule has 1 aliphatic rings. The van der Waals surface area contributed by atoms with E-state index in [4.69, 9.17) is 0 Å². The van der Waals surface area contributed by atoms with E-state index in [0.717, 1.165) is 18.4 Å². The maximum Gasteiger partial charge on any atom is 0.236 e. The van der Waals surface area contributed by atoms with Crippen molar-refractivity contribution in [2.75, 3.05) is 33.3 Å². The highest BCUT2D eigenvalue weighted by molar-refractivity contribution is 5.78. The monoisotopic (exact) mass is 335 g/mol. The van der Waals surface area contributed by atoms with E-state index in [-0.39, 0.29) is 12.5 Å². The van der Waals surface area contributed by atoms with Crippen molar-refractivity contribution in [2.45, 2.75) is 38.8 Å². The minimum Gasteiger partial charge on any atom is -0.396 e. The predicted molar refractivity (Wildman–Crippen MR) is 92.2 cm³/mol. The molecule has 0 aliphatic carbocycles. The Balaban J connectivity index is 1.87. The number of piperidine rings is 1. The molecule has 1 amide bonds. The number of β-amino-alcohol motifs (C(OH)–C–C–N with tert-alkyl or cyclic N) is 1. The summed E-state index contributed by atoms with van der Waals surface area (Å²) in [7, 11) is 1.90. The van der Waals surface area contributed by atoms with E-state index in [2.05, 4.69) is 11.9 Å². The molecule has 2 atom stereocenters. The lowest BCUT2D eigenvalue weighted by Crippen LogP contribution is -2.55. The van der Waals surface area contributed by atoms with Crippen molar-refractivity contribution < 1.29 is 15.0 Å². The number of nitrogens with zero attached hydrogens (tertiary/aromatic N) is 3. The lowest BCUT2D eigenvalue weighted by atomic mass is 9.73. The van der Waals surface area contributed by atoms with Gasteiger partial charge < -0.3 is 15.1 Å². The van der Waals surface area contributed by atoms with Crippen molar-refractivity contribution in [1.29, 1.82) is 0 Å². The standard InChI is InChI=1S/C18H29N3O3/c1-3-6-18(14-22)7-9-21(12-16(18)23)17(24)13-20(2)11-15-5-4-8-19-10-15/h4-5,8,10,16,22-23H,3,6-7,9,11-14H2,1-2H3/t16-,18-/m1/s1. The maximum absolute atomic E-state index is 12.5. The molecular formula is C18H29N3O3. The molecule has 0 radical (unpaired) electrons. The summed E-state index contributed by atoms with van der Waals surface area (Å²) in [6, 6.07) is 3.87. The molecule has 1 aliphatic heterocycles. The zero-order chi connectivity index (χ0) is 17.6. The molecule has 134 valence electrons. The Bertz CT molecular complexity index is 526. The normalized spacial score (nSPS) is 24.4. The number of aromatic nitrogens is 1. The Hall–Kier alpha value is -1.50. The van der Waals surface area contributed by atoms with E-state index in [1.54, 1.807) is 17.3 Å². The molecule has 0 aromatic carbocycles. The highest BCUT2D eigenvalue weighted by Crippen LogP contribution is 2.36. The van der Waals surface area contributed by atoms with Gasteiger partial charge in [0, 0.05) is 37.4 Å². The number of carbonyl (C=O) groups is 1. The fraction of sp³-hybridized carbons (Fsp3) is 0.667. The van der Waals surface area contributed by atoms with Crippen molar-refractivity contribution in [3.8, 4) is 0 Å². The van der Waals surface area contributed by atoms with Crippen LogP contribution in [0.15, 0.2) is 24.5 Å². The quantitative estimate of drug-likeness (QED) is 0.774. The molecule has 0 spiro atoms. The Kier molecular flexibility index (Phi) is 6.71. The molecule has 1 saturated heterocycles. The van der Waals surface area contributed by atoms with Crippen LogP contribution in [0, 0.1) is 5.41 Å². The lowest BCUT2D eigenvalue weighted by molar-refractivity contribution is -0.143. The van der Waals surface area contributed by atoms with Crippen LogP contribution in [0.3, 0.4) is 0 Å². The summed E-state index contributed by atoms with van der Waals surface area (Å²) in [6.07, 6.45) is 5.21. The zero-order valence-corrected chi connectivity index (χ0v) is 14.7. The molecule has 6 heteroatoms. The van der Waals surface area contributed by atoms with Crippen LogP contribution in [0.1, 0.15) is 31.7 Å².